The van der Waals surface area contributed by atoms with Gasteiger partial charge in [-0.2, -0.15) is 12.6 Å². The Bertz CT molecular complexity index is 410. The van der Waals surface area contributed by atoms with E-state index in [-0.39, 0.29) is 22.6 Å². The first kappa shape index (κ1) is 10.3. The van der Waals surface area contributed by atoms with Crippen LogP contribution < -0.4 is 4.90 Å². The number of hydrogen-bond acceptors (Lipinski definition) is 3. The Labute approximate surface area is 91.9 Å². The second-order valence-electron chi connectivity index (χ2n) is 3.50. The summed E-state index contributed by atoms with van der Waals surface area (Å²) < 4.78 is 13.4. The highest BCUT2D eigenvalue weighted by molar-refractivity contribution is 7.81. The van der Waals surface area contributed by atoms with Crippen LogP contribution in [0, 0.1) is 5.82 Å². The van der Waals surface area contributed by atoms with Gasteiger partial charge in [0.2, 0.25) is 5.91 Å². The van der Waals surface area contributed by atoms with Crippen LogP contribution >= 0.6 is 12.6 Å². The average Bonchev–Trinajstić information content (AvgIpc) is 2.50. The fourth-order valence-electron chi connectivity index (χ4n) is 1.63. The van der Waals surface area contributed by atoms with Crippen LogP contribution in [-0.4, -0.2) is 22.8 Å². The van der Waals surface area contributed by atoms with Crippen LogP contribution in [0.15, 0.2) is 18.2 Å². The fraction of sp³-hybridized carbons (Fsp3) is 0.300. The molecule has 1 aromatic rings. The molecule has 0 aromatic heterocycles. The zero-order valence-corrected chi connectivity index (χ0v) is 8.75. The van der Waals surface area contributed by atoms with E-state index in [0.29, 0.717) is 13.0 Å². The van der Waals surface area contributed by atoms with Crippen molar-refractivity contribution in [3.8, 4) is 5.75 Å². The van der Waals surface area contributed by atoms with Crippen LogP contribution in [0.25, 0.3) is 0 Å². The Morgan fingerprint density at radius 1 is 1.53 bits per heavy atom. The predicted molar refractivity (Wildman–Crippen MR) is 57.8 cm³/mol. The number of phenolic OH excluding ortho intramolecular Hbond substituents is 1. The normalized spacial score (nSPS) is 21.1. The van der Waals surface area contributed by atoms with Gasteiger partial charge in [0, 0.05) is 24.3 Å². The van der Waals surface area contributed by atoms with Gasteiger partial charge >= 0.3 is 0 Å². The number of nitrogens with zero attached hydrogens (tertiary/aromatic N) is 1. The summed E-state index contributed by atoms with van der Waals surface area (Å²) >= 11 is 4.17. The number of benzene rings is 1. The molecule has 1 aliphatic heterocycles. The summed E-state index contributed by atoms with van der Waals surface area (Å²) in [6.45, 7) is 0.377. The molecule has 80 valence electrons. The number of hydrogen-bond donors (Lipinski definition) is 2. The van der Waals surface area contributed by atoms with Crippen molar-refractivity contribution in [2.45, 2.75) is 11.7 Å². The maximum atomic E-state index is 13.4. The van der Waals surface area contributed by atoms with Crippen molar-refractivity contribution in [2.24, 2.45) is 0 Å². The van der Waals surface area contributed by atoms with Gasteiger partial charge in [0.1, 0.15) is 11.6 Å². The van der Waals surface area contributed by atoms with Gasteiger partial charge in [-0.05, 0) is 12.1 Å². The molecular formula is C10H10FNO2S. The molecule has 1 N–H and O–H groups in total. The van der Waals surface area contributed by atoms with Gasteiger partial charge in [0.25, 0.3) is 0 Å². The number of carbonyl (C=O) groups excluding carboxylic acids is 1. The maximum Gasteiger partial charge on any atom is 0.228 e. The van der Waals surface area contributed by atoms with Gasteiger partial charge in [-0.25, -0.2) is 4.39 Å². The van der Waals surface area contributed by atoms with E-state index >= 15 is 0 Å². The third kappa shape index (κ3) is 1.92. The van der Waals surface area contributed by atoms with Crippen molar-refractivity contribution in [1.82, 2.24) is 0 Å². The first-order valence-corrected chi connectivity index (χ1v) is 5.06. The highest BCUT2D eigenvalue weighted by Crippen LogP contribution is 2.29. The lowest BCUT2D eigenvalue weighted by Crippen LogP contribution is -2.25. The van der Waals surface area contributed by atoms with Crippen LogP contribution in [0.2, 0.25) is 0 Å². The molecule has 1 saturated heterocycles. The van der Waals surface area contributed by atoms with Crippen LogP contribution in [0.1, 0.15) is 6.42 Å². The summed E-state index contributed by atoms with van der Waals surface area (Å²) in [7, 11) is 0. The van der Waals surface area contributed by atoms with Crippen molar-refractivity contribution in [3.63, 3.8) is 0 Å². The summed E-state index contributed by atoms with van der Waals surface area (Å²) in [6.07, 6.45) is 0.304. The van der Waals surface area contributed by atoms with E-state index in [1.54, 1.807) is 0 Å². The minimum absolute atomic E-state index is 0.0539. The van der Waals surface area contributed by atoms with Crippen molar-refractivity contribution in [3.05, 3.63) is 24.0 Å². The minimum atomic E-state index is -0.511. The van der Waals surface area contributed by atoms with E-state index in [1.807, 2.05) is 0 Å². The number of halogens is 1. The third-order valence-corrected chi connectivity index (χ3v) is 2.67. The summed E-state index contributed by atoms with van der Waals surface area (Å²) in [5.74, 6) is -0.732. The SMILES string of the molecule is O=C1CC(S)CN1c1cc(O)ccc1F. The molecule has 0 spiro atoms. The first-order chi connectivity index (χ1) is 7.08. The molecule has 5 heteroatoms. The largest absolute Gasteiger partial charge is 0.508 e. The van der Waals surface area contributed by atoms with Crippen molar-refractivity contribution in [1.29, 1.82) is 0 Å². The van der Waals surface area contributed by atoms with E-state index in [9.17, 15) is 14.3 Å². The second-order valence-corrected chi connectivity index (χ2v) is 4.23. The van der Waals surface area contributed by atoms with Gasteiger partial charge in [0.15, 0.2) is 0 Å². The fourth-order valence-corrected chi connectivity index (χ4v) is 1.95. The Kier molecular flexibility index (Phi) is 2.56. The minimum Gasteiger partial charge on any atom is -0.508 e. The monoisotopic (exact) mass is 227 g/mol. The number of anilines is 1. The molecule has 0 radical (unpaired) electrons. The van der Waals surface area contributed by atoms with E-state index in [0.717, 1.165) is 6.07 Å². The van der Waals surface area contributed by atoms with Crippen LogP contribution in [-0.2, 0) is 4.79 Å². The number of aromatic hydroxyl groups is 1. The molecule has 1 unspecified atom stereocenters. The summed E-state index contributed by atoms with van der Waals surface area (Å²) in [4.78, 5) is 12.8. The van der Waals surface area contributed by atoms with Crippen molar-refractivity contribution < 1.29 is 14.3 Å². The number of thiol groups is 1. The topological polar surface area (TPSA) is 40.5 Å². The molecule has 0 aliphatic carbocycles. The summed E-state index contributed by atoms with van der Waals surface area (Å²) in [5, 5.41) is 9.16. The van der Waals surface area contributed by atoms with Gasteiger partial charge < -0.3 is 10.0 Å². The Balaban J connectivity index is 2.37. The van der Waals surface area contributed by atoms with Gasteiger partial charge in [0.05, 0.1) is 5.69 Å². The van der Waals surface area contributed by atoms with E-state index in [4.69, 9.17) is 0 Å². The third-order valence-electron chi connectivity index (χ3n) is 2.33. The van der Waals surface area contributed by atoms with Gasteiger partial charge in [-0.1, -0.05) is 0 Å². The van der Waals surface area contributed by atoms with Crippen LogP contribution in [0.5, 0.6) is 5.75 Å². The molecule has 3 nitrogen and oxygen atoms in total. The quantitative estimate of drug-likeness (QED) is 0.715. The smallest absolute Gasteiger partial charge is 0.228 e. The van der Waals surface area contributed by atoms with E-state index in [2.05, 4.69) is 12.6 Å². The number of rotatable bonds is 1. The van der Waals surface area contributed by atoms with Crippen LogP contribution in [0.3, 0.4) is 0 Å². The average molecular weight is 227 g/mol. The number of phenols is 1. The highest BCUT2D eigenvalue weighted by Gasteiger charge is 2.30. The molecule has 0 saturated carbocycles. The zero-order valence-electron chi connectivity index (χ0n) is 7.85. The molecule has 0 bridgehead atoms. The number of amides is 1. The lowest BCUT2D eigenvalue weighted by atomic mass is 10.2. The molecule has 1 atom stereocenters. The van der Waals surface area contributed by atoms with Gasteiger partial charge in [-0.3, -0.25) is 4.79 Å². The Morgan fingerprint density at radius 3 is 2.87 bits per heavy atom. The molecule has 1 fully saturated rings. The standard InChI is InChI=1S/C10H10FNO2S/c11-8-2-1-6(13)3-9(8)12-5-7(15)4-10(12)14/h1-3,7,13,15H,4-5H2. The van der Waals surface area contributed by atoms with E-state index < -0.39 is 5.82 Å². The predicted octanol–water partition coefficient (Wildman–Crippen LogP) is 1.57. The Hall–Kier alpha value is -1.23. The van der Waals surface area contributed by atoms with Crippen molar-refractivity contribution in [2.75, 3.05) is 11.4 Å². The molecule has 15 heavy (non-hydrogen) atoms. The molecule has 1 aromatic carbocycles. The van der Waals surface area contributed by atoms with E-state index in [1.165, 1.54) is 17.0 Å². The van der Waals surface area contributed by atoms with Gasteiger partial charge in [-0.15, -0.1) is 0 Å². The number of carbonyl (C=O) groups is 1. The summed E-state index contributed by atoms with van der Waals surface area (Å²) in [6, 6.07) is 3.64. The Morgan fingerprint density at radius 2 is 2.27 bits per heavy atom. The first-order valence-electron chi connectivity index (χ1n) is 4.55. The lowest BCUT2D eigenvalue weighted by Gasteiger charge is -2.16. The second kappa shape index (κ2) is 3.73. The van der Waals surface area contributed by atoms with Crippen LogP contribution in [0.4, 0.5) is 10.1 Å². The molecule has 2 rings (SSSR count). The van der Waals surface area contributed by atoms with Crippen molar-refractivity contribution >= 4 is 24.2 Å². The zero-order chi connectivity index (χ0) is 11.0. The molecule has 1 amide bonds. The molecule has 1 heterocycles. The summed E-state index contributed by atoms with van der Waals surface area (Å²) in [5.41, 5.74) is 0.122. The molecular weight excluding hydrogens is 217 g/mol. The highest BCUT2D eigenvalue weighted by atomic mass is 32.1. The molecule has 1 aliphatic rings. The maximum absolute atomic E-state index is 13.4. The lowest BCUT2D eigenvalue weighted by molar-refractivity contribution is -0.117.